The largest absolute Gasteiger partial charge is 0.511 e. The van der Waals surface area contributed by atoms with Crippen molar-refractivity contribution >= 4 is 70.0 Å². The molecule has 4 aromatic carbocycles. The van der Waals surface area contributed by atoms with Crippen LogP contribution in [0.2, 0.25) is 0 Å². The van der Waals surface area contributed by atoms with Crippen LogP contribution in [0.15, 0.2) is 97.1 Å². The number of ether oxygens (including phenoxy) is 12. The van der Waals surface area contributed by atoms with Gasteiger partial charge in [0, 0.05) is 76.1 Å². The fraction of sp³-hybridized carbons (Fsp3) is 0.523. The highest BCUT2D eigenvalue weighted by Gasteiger charge is 2.33. The van der Waals surface area contributed by atoms with Crippen LogP contribution in [0, 0.1) is 107 Å². The topological polar surface area (TPSA) is 345 Å². The van der Waals surface area contributed by atoms with Gasteiger partial charge in [-0.05, 0) is 181 Å². The van der Waals surface area contributed by atoms with Gasteiger partial charge in [0.25, 0.3) is 0 Å². The van der Waals surface area contributed by atoms with Crippen LogP contribution < -0.4 is 0 Å². The van der Waals surface area contributed by atoms with Crippen molar-refractivity contribution in [1.29, 1.82) is 21.0 Å². The van der Waals surface area contributed by atoms with Crippen LogP contribution in [0.25, 0.3) is 45.3 Å². The van der Waals surface area contributed by atoms with Crippen LogP contribution in [0.3, 0.4) is 0 Å². The molecule has 0 radical (unpaired) electrons. The number of hydrogen-bond donors (Lipinski definition) is 0. The number of unbranched alkanes of at least 4 members (excludes halogenated alkanes) is 3. The van der Waals surface area contributed by atoms with E-state index in [1.165, 1.54) is 0 Å². The number of rotatable bonds is 35. The second-order valence-electron chi connectivity index (χ2n) is 38.1. The van der Waals surface area contributed by atoms with Crippen LogP contribution in [0.4, 0.5) is 19.2 Å². The Hall–Kier alpha value is -13.1. The van der Waals surface area contributed by atoms with Crippen molar-refractivity contribution in [3.63, 3.8) is 0 Å². The van der Waals surface area contributed by atoms with E-state index in [0.717, 1.165) is 99.4 Å². The number of carbonyl (C=O) groups excluding carboxylic acids is 4. The van der Waals surface area contributed by atoms with E-state index in [2.05, 4.69) is 135 Å². The van der Waals surface area contributed by atoms with E-state index in [-0.39, 0.29) is 46.9 Å². The number of aromatic nitrogens is 8. The number of nitriles is 4. The lowest BCUT2D eigenvalue weighted by molar-refractivity contribution is -0.0757. The number of nitrogens with zero attached hydrogens (tertiary/aromatic N) is 12. The molecule has 0 saturated carbocycles. The summed E-state index contributed by atoms with van der Waals surface area (Å²) in [4.78, 5) is 48.4. The zero-order valence-electron chi connectivity index (χ0n) is 87.8. The summed E-state index contributed by atoms with van der Waals surface area (Å²) in [5.41, 5.74) is 18.5. The fourth-order valence-electron chi connectivity index (χ4n) is 13.9. The Balaban J connectivity index is 0.000000323. The molecule has 0 fully saturated rings. The van der Waals surface area contributed by atoms with Crippen LogP contribution in [0.5, 0.6) is 0 Å². The van der Waals surface area contributed by atoms with E-state index in [9.17, 15) is 40.2 Å². The molecule has 5 atom stereocenters. The maximum absolute atomic E-state index is 12.2. The van der Waals surface area contributed by atoms with Gasteiger partial charge in [-0.2, -0.15) is 41.4 Å². The van der Waals surface area contributed by atoms with Crippen molar-refractivity contribution in [2.45, 2.75) is 353 Å². The van der Waals surface area contributed by atoms with Gasteiger partial charge in [-0.15, -0.1) is 0 Å². The summed E-state index contributed by atoms with van der Waals surface area (Å²) in [6.07, 6.45) is -2.27. The lowest BCUT2D eigenvalue weighted by atomic mass is 9.86. The molecule has 4 aromatic heterocycles. The van der Waals surface area contributed by atoms with E-state index in [1.807, 2.05) is 208 Å². The molecule has 4 heterocycles. The van der Waals surface area contributed by atoms with Gasteiger partial charge >= 0.3 is 24.6 Å². The lowest BCUT2D eigenvalue weighted by Gasteiger charge is -2.22. The Morgan fingerprint density at radius 1 is 0.314 bits per heavy atom. The van der Waals surface area contributed by atoms with Gasteiger partial charge in [0.05, 0.1) is 42.6 Å². The van der Waals surface area contributed by atoms with E-state index >= 15 is 0 Å². The van der Waals surface area contributed by atoms with Crippen molar-refractivity contribution in [3.05, 3.63) is 209 Å². The summed E-state index contributed by atoms with van der Waals surface area (Å²) < 4.78 is 73.6. The van der Waals surface area contributed by atoms with Gasteiger partial charge in [-0.1, -0.05) is 234 Å². The van der Waals surface area contributed by atoms with Crippen molar-refractivity contribution in [1.82, 2.24) is 39.1 Å². The molecule has 0 spiro atoms. The molecule has 0 aliphatic heterocycles. The molecule has 8 rings (SSSR count). The summed E-state index contributed by atoms with van der Waals surface area (Å²) in [5.74, 6) is 1.46. The summed E-state index contributed by atoms with van der Waals surface area (Å²) in [6.45, 7) is 70.3. The van der Waals surface area contributed by atoms with E-state index in [4.69, 9.17) is 56.8 Å². The highest BCUT2D eigenvalue weighted by atomic mass is 16.8. The molecular weight excluding hydrogens is 1730 g/mol. The third-order valence-corrected chi connectivity index (χ3v) is 22.6. The number of carbonyl (C=O) groups is 4. The van der Waals surface area contributed by atoms with E-state index in [1.54, 1.807) is 53.3 Å². The average Bonchev–Trinajstić information content (AvgIpc) is 1.67. The van der Waals surface area contributed by atoms with Gasteiger partial charge in [-0.3, -0.25) is 18.7 Å². The smallest absolute Gasteiger partial charge is 0.451 e. The minimum absolute atomic E-state index is 0.0105. The van der Waals surface area contributed by atoms with E-state index in [0.29, 0.717) is 130 Å². The minimum Gasteiger partial charge on any atom is -0.451 e. The molecule has 5 unspecified atom stereocenters. The van der Waals surface area contributed by atoms with Gasteiger partial charge in [0.2, 0.25) is 25.2 Å². The van der Waals surface area contributed by atoms with Crippen molar-refractivity contribution in [3.8, 4) is 24.3 Å². The first-order valence-electron chi connectivity index (χ1n) is 47.6. The maximum atomic E-state index is 12.2. The van der Waals surface area contributed by atoms with E-state index < -0.39 is 49.8 Å². The molecule has 28 heteroatoms. The standard InChI is InChI=1S/C28H39N3O4.3C27H37N3O4/c1-9-11-12-17-33-27(32)35-21(5)34-26(25-19(3)20(4)30-31(25)10-2)24(18-29)22-13-15-23(16-14-22)28(6,7)8;1-10-30-24(18(4)19(5)29-30)25(33-20(6)34-26(31)32-16-17(2)3)23(15-28)21-11-13-22(14-12-21)27(7,8)9;1-10-17(3)32-26(31)34-20(6)33-25(24-18(4)19(5)29-30(24)11-2)23(16-28)21-12-14-22(15-13-21)27(7,8)9;1-9-11-16-32-26(31)34-20(5)33-25(24-18(3)19(4)29-30(24)10-2)23(17-28)21-12-14-22(15-13-21)27(6,7)8/h13-16,21H,9-12,17H2,1-8H3;11-14,17,20H,10,16H2,1-9H3;12-15,17,20H,10-11H2,1-9H3;12-15,20H,9-11,16H2,1-8H3/b26-24-;3*25-23-. The maximum Gasteiger partial charge on any atom is 0.511 e. The molecule has 137 heavy (non-hydrogen) atoms. The molecule has 0 amide bonds. The molecule has 0 saturated heterocycles. The second kappa shape index (κ2) is 52.9. The number of hydrogen-bond acceptors (Lipinski definition) is 24. The predicted molar refractivity (Wildman–Crippen MR) is 536 cm³/mol. The number of aryl methyl sites for hydroxylation is 8. The lowest BCUT2D eigenvalue weighted by Crippen LogP contribution is -2.22. The van der Waals surface area contributed by atoms with Crippen LogP contribution in [-0.2, 0) is 105 Å². The molecule has 0 bridgehead atoms. The molecule has 28 nitrogen and oxygen atoms in total. The van der Waals surface area contributed by atoms with Crippen molar-refractivity contribution < 1.29 is 76.0 Å². The molecular formula is C109H150N12O16. The number of benzene rings is 4. The van der Waals surface area contributed by atoms with Crippen LogP contribution in [0.1, 0.15) is 331 Å². The minimum atomic E-state index is -0.983. The highest BCUT2D eigenvalue weighted by molar-refractivity contribution is 5.98. The Morgan fingerprint density at radius 3 is 0.745 bits per heavy atom. The molecule has 0 aliphatic carbocycles. The number of allylic oxidation sites excluding steroid dienone is 4. The normalized spacial score (nSPS) is 13.3. The summed E-state index contributed by atoms with van der Waals surface area (Å²) in [7, 11) is 0. The zero-order valence-corrected chi connectivity index (χ0v) is 87.8. The van der Waals surface area contributed by atoms with Crippen LogP contribution >= 0.6 is 0 Å². The monoisotopic (exact) mass is 1880 g/mol. The summed E-state index contributed by atoms with van der Waals surface area (Å²) >= 11 is 0. The van der Waals surface area contributed by atoms with Gasteiger partial charge in [-0.25, -0.2) is 19.2 Å². The fourth-order valence-corrected chi connectivity index (χ4v) is 13.9. The second-order valence-corrected chi connectivity index (χ2v) is 38.1. The Kier molecular flexibility index (Phi) is 44.1. The van der Waals surface area contributed by atoms with Crippen molar-refractivity contribution in [2.24, 2.45) is 5.92 Å². The molecule has 0 aliphatic rings. The molecule has 8 aromatic rings. The SMILES string of the molecule is CCC(C)OC(=O)OC(C)O/C(=C(/C#N)c1ccc(C(C)(C)C)cc1)c1c(C)c(C)nn1CC.CCCCCOC(=O)OC(C)O/C(=C(/C#N)c1ccc(C(C)(C)C)cc1)c1c(C)c(C)nn1CC.CCCCOC(=O)OC(C)O/C(=C(/C#N)c1ccc(C(C)(C)C)cc1)c1c(C)c(C)nn1CC.CCn1nc(C)c(C)c1/C(OC(C)OC(=O)OCC(C)C)=C(\C#N)c1ccc(C(C)(C)C)cc1. The summed E-state index contributed by atoms with van der Waals surface area (Å²) in [6, 6.07) is 40.7. The average molecular weight is 1880 g/mol. The first-order valence-corrected chi connectivity index (χ1v) is 47.6. The first-order chi connectivity index (χ1) is 64.4. The molecule has 742 valence electrons. The third-order valence-electron chi connectivity index (χ3n) is 22.6. The van der Waals surface area contributed by atoms with Crippen molar-refractivity contribution in [2.75, 3.05) is 19.8 Å². The Morgan fingerprint density at radius 2 is 0.540 bits per heavy atom. The summed E-state index contributed by atoms with van der Waals surface area (Å²) in [5, 5.41) is 59.1. The van der Waals surface area contributed by atoms with Crippen LogP contribution in [-0.4, -0.2) is 115 Å². The highest BCUT2D eigenvalue weighted by Crippen LogP contribution is 2.40. The Labute approximate surface area is 814 Å². The van der Waals surface area contributed by atoms with Gasteiger partial charge < -0.3 is 56.8 Å². The molecule has 0 N–H and O–H groups in total. The Bertz CT molecular complexity index is 5640. The third kappa shape index (κ3) is 33.1. The zero-order chi connectivity index (χ0) is 103. The quantitative estimate of drug-likeness (QED) is 0.00889. The predicted octanol–water partition coefficient (Wildman–Crippen LogP) is 26.3. The van der Waals surface area contributed by atoms with Gasteiger partial charge in [0.15, 0.2) is 23.0 Å². The van der Waals surface area contributed by atoms with Gasteiger partial charge in [0.1, 0.15) is 75.4 Å². The first kappa shape index (κ1) is 114.